The molecular formula is C23H31NO2S. The van der Waals surface area contributed by atoms with Crippen molar-refractivity contribution in [2.45, 2.75) is 59.9 Å². The standard InChI is InChI=1S/C23H31NO2S/c1-5-10-26-22-12-15(2)20-9-8-18(13-21(20)17(22)4)16(3)23(25)24-14-19-7-6-11-27-19/h6-7,11-12,16,18H,5,8-10,13-14H2,1-4H3,(H,24,25)/t16-,18-/m1/s1. The molecule has 0 aliphatic heterocycles. The maximum Gasteiger partial charge on any atom is 0.223 e. The topological polar surface area (TPSA) is 38.3 Å². The summed E-state index contributed by atoms with van der Waals surface area (Å²) in [5, 5.41) is 5.17. The molecular weight excluding hydrogens is 354 g/mol. The Bertz CT molecular complexity index is 782. The van der Waals surface area contributed by atoms with E-state index in [0.29, 0.717) is 12.5 Å². The van der Waals surface area contributed by atoms with Crippen molar-refractivity contribution in [2.75, 3.05) is 6.61 Å². The van der Waals surface area contributed by atoms with E-state index in [0.717, 1.165) is 38.0 Å². The second-order valence-corrected chi connectivity index (χ2v) is 8.74. The molecule has 0 unspecified atom stereocenters. The summed E-state index contributed by atoms with van der Waals surface area (Å²) in [4.78, 5) is 13.9. The second kappa shape index (κ2) is 8.92. The molecule has 2 aromatic rings. The van der Waals surface area contributed by atoms with Crippen molar-refractivity contribution in [3.8, 4) is 5.75 Å². The molecule has 4 heteroatoms. The predicted octanol–water partition coefficient (Wildman–Crippen LogP) is 5.21. The van der Waals surface area contributed by atoms with Crippen LogP contribution < -0.4 is 10.1 Å². The maximum atomic E-state index is 12.7. The van der Waals surface area contributed by atoms with Crippen molar-refractivity contribution in [2.24, 2.45) is 11.8 Å². The van der Waals surface area contributed by atoms with Gasteiger partial charge in [-0.2, -0.15) is 0 Å². The van der Waals surface area contributed by atoms with Gasteiger partial charge in [-0.3, -0.25) is 4.79 Å². The highest BCUT2D eigenvalue weighted by atomic mass is 32.1. The minimum Gasteiger partial charge on any atom is -0.493 e. The number of nitrogens with one attached hydrogen (secondary N) is 1. The van der Waals surface area contributed by atoms with Gasteiger partial charge in [0.15, 0.2) is 0 Å². The highest BCUT2D eigenvalue weighted by Gasteiger charge is 2.30. The first kappa shape index (κ1) is 19.9. The minimum atomic E-state index is 0.0260. The van der Waals surface area contributed by atoms with Gasteiger partial charge in [0, 0.05) is 10.8 Å². The van der Waals surface area contributed by atoms with Crippen LogP contribution in [0.25, 0.3) is 0 Å². The molecule has 1 aliphatic carbocycles. The smallest absolute Gasteiger partial charge is 0.223 e. The SMILES string of the molecule is CCCOc1cc(C)c2c(c1C)C[C@H]([C@@H](C)C(=O)NCc1cccs1)CC2. The van der Waals surface area contributed by atoms with E-state index >= 15 is 0 Å². The Morgan fingerprint density at radius 1 is 1.37 bits per heavy atom. The van der Waals surface area contributed by atoms with Crippen LogP contribution in [0.1, 0.15) is 53.8 Å². The number of aryl methyl sites for hydroxylation is 1. The van der Waals surface area contributed by atoms with Crippen molar-refractivity contribution in [3.05, 3.63) is 50.7 Å². The summed E-state index contributed by atoms with van der Waals surface area (Å²) in [6.07, 6.45) is 4.12. The van der Waals surface area contributed by atoms with Gasteiger partial charge in [0.25, 0.3) is 0 Å². The van der Waals surface area contributed by atoms with Crippen LogP contribution in [-0.4, -0.2) is 12.5 Å². The van der Waals surface area contributed by atoms with E-state index in [1.807, 2.05) is 11.4 Å². The van der Waals surface area contributed by atoms with Crippen molar-refractivity contribution in [1.29, 1.82) is 0 Å². The van der Waals surface area contributed by atoms with Gasteiger partial charge < -0.3 is 10.1 Å². The Morgan fingerprint density at radius 3 is 2.89 bits per heavy atom. The number of thiophene rings is 1. The zero-order valence-corrected chi connectivity index (χ0v) is 17.7. The molecule has 1 aliphatic rings. The monoisotopic (exact) mass is 385 g/mol. The summed E-state index contributed by atoms with van der Waals surface area (Å²) in [5.74, 6) is 1.60. The molecule has 0 saturated heterocycles. The molecule has 3 nitrogen and oxygen atoms in total. The number of amides is 1. The fourth-order valence-corrected chi connectivity index (χ4v) is 4.72. The number of benzene rings is 1. The number of ether oxygens (including phenoxy) is 1. The van der Waals surface area contributed by atoms with Gasteiger partial charge in [0.1, 0.15) is 5.75 Å². The van der Waals surface area contributed by atoms with Crippen LogP contribution in [0.15, 0.2) is 23.6 Å². The summed E-state index contributed by atoms with van der Waals surface area (Å²) >= 11 is 1.69. The number of carbonyl (C=O) groups is 1. The Hall–Kier alpha value is -1.81. The van der Waals surface area contributed by atoms with E-state index in [2.05, 4.69) is 45.1 Å². The normalized spacial score (nSPS) is 17.3. The van der Waals surface area contributed by atoms with Gasteiger partial charge in [0.2, 0.25) is 5.91 Å². The van der Waals surface area contributed by atoms with Crippen LogP contribution in [0.5, 0.6) is 5.75 Å². The van der Waals surface area contributed by atoms with Gasteiger partial charge in [0.05, 0.1) is 13.2 Å². The number of hydrogen-bond acceptors (Lipinski definition) is 3. The molecule has 0 fully saturated rings. The summed E-state index contributed by atoms with van der Waals surface area (Å²) in [6, 6.07) is 6.29. The Labute approximate surface area is 167 Å². The Morgan fingerprint density at radius 2 is 2.19 bits per heavy atom. The van der Waals surface area contributed by atoms with Crippen molar-refractivity contribution in [1.82, 2.24) is 5.32 Å². The molecule has 1 aromatic heterocycles. The quantitative estimate of drug-likeness (QED) is 0.710. The molecule has 2 atom stereocenters. The molecule has 1 amide bonds. The highest BCUT2D eigenvalue weighted by molar-refractivity contribution is 7.09. The Kier molecular flexibility index (Phi) is 6.59. The lowest BCUT2D eigenvalue weighted by Crippen LogP contribution is -2.35. The van der Waals surface area contributed by atoms with E-state index in [1.54, 1.807) is 11.3 Å². The maximum absolute atomic E-state index is 12.7. The van der Waals surface area contributed by atoms with Crippen LogP contribution in [0.3, 0.4) is 0 Å². The summed E-state index contributed by atoms with van der Waals surface area (Å²) < 4.78 is 5.98. The largest absolute Gasteiger partial charge is 0.493 e. The van der Waals surface area contributed by atoms with E-state index in [4.69, 9.17) is 4.74 Å². The Balaban J connectivity index is 1.70. The van der Waals surface area contributed by atoms with Crippen molar-refractivity contribution in [3.63, 3.8) is 0 Å². The number of hydrogen-bond donors (Lipinski definition) is 1. The average Bonchev–Trinajstić information content (AvgIpc) is 3.20. The zero-order valence-electron chi connectivity index (χ0n) is 16.9. The van der Waals surface area contributed by atoms with Gasteiger partial charge in [-0.25, -0.2) is 0 Å². The molecule has 27 heavy (non-hydrogen) atoms. The predicted molar refractivity (Wildman–Crippen MR) is 113 cm³/mol. The summed E-state index contributed by atoms with van der Waals surface area (Å²) in [6.45, 7) is 9.97. The molecule has 0 spiro atoms. The fourth-order valence-electron chi connectivity index (χ4n) is 4.07. The lowest BCUT2D eigenvalue weighted by atomic mass is 9.74. The molecule has 0 saturated carbocycles. The molecule has 146 valence electrons. The number of rotatable bonds is 7. The lowest BCUT2D eigenvalue weighted by Gasteiger charge is -2.31. The third-order valence-electron chi connectivity index (χ3n) is 5.84. The van der Waals surface area contributed by atoms with Crippen LogP contribution in [-0.2, 0) is 24.2 Å². The van der Waals surface area contributed by atoms with Gasteiger partial charge in [-0.05, 0) is 85.2 Å². The second-order valence-electron chi connectivity index (χ2n) is 7.71. The number of carbonyl (C=O) groups excluding carboxylic acids is 1. The van der Waals surface area contributed by atoms with Gasteiger partial charge in [-0.1, -0.05) is 19.9 Å². The molecule has 0 bridgehead atoms. The van der Waals surface area contributed by atoms with Crippen LogP contribution in [0.2, 0.25) is 0 Å². The third-order valence-corrected chi connectivity index (χ3v) is 6.72. The molecule has 1 aromatic carbocycles. The minimum absolute atomic E-state index is 0.0260. The first-order valence-electron chi connectivity index (χ1n) is 10.1. The lowest BCUT2D eigenvalue weighted by molar-refractivity contribution is -0.126. The summed E-state index contributed by atoms with van der Waals surface area (Å²) in [5.41, 5.74) is 5.48. The van der Waals surface area contributed by atoms with Crippen LogP contribution in [0, 0.1) is 25.7 Å². The molecule has 1 N–H and O–H groups in total. The number of fused-ring (bicyclic) bond motifs is 1. The first-order chi connectivity index (χ1) is 13.0. The van der Waals surface area contributed by atoms with E-state index in [9.17, 15) is 4.79 Å². The van der Waals surface area contributed by atoms with Gasteiger partial charge in [-0.15, -0.1) is 11.3 Å². The first-order valence-corrected chi connectivity index (χ1v) is 10.9. The molecule has 0 radical (unpaired) electrons. The summed E-state index contributed by atoms with van der Waals surface area (Å²) in [7, 11) is 0. The van der Waals surface area contributed by atoms with Crippen molar-refractivity contribution < 1.29 is 9.53 Å². The highest BCUT2D eigenvalue weighted by Crippen LogP contribution is 2.37. The zero-order chi connectivity index (χ0) is 19.4. The van der Waals surface area contributed by atoms with E-state index < -0.39 is 0 Å². The average molecular weight is 386 g/mol. The van der Waals surface area contributed by atoms with E-state index in [-0.39, 0.29) is 11.8 Å². The van der Waals surface area contributed by atoms with Gasteiger partial charge >= 0.3 is 0 Å². The third kappa shape index (κ3) is 4.55. The van der Waals surface area contributed by atoms with E-state index in [1.165, 1.54) is 27.1 Å². The fraction of sp³-hybridized carbons (Fsp3) is 0.522. The molecule has 1 heterocycles. The van der Waals surface area contributed by atoms with Crippen LogP contribution >= 0.6 is 11.3 Å². The van der Waals surface area contributed by atoms with Crippen LogP contribution in [0.4, 0.5) is 0 Å². The van der Waals surface area contributed by atoms with Crippen molar-refractivity contribution >= 4 is 17.2 Å². The molecule has 3 rings (SSSR count).